The monoisotopic (exact) mass is 373 g/mol. The van der Waals surface area contributed by atoms with Crippen LogP contribution in [-0.2, 0) is 25.2 Å². The first-order valence-electron chi connectivity index (χ1n) is 7.04. The summed E-state index contributed by atoms with van der Waals surface area (Å²) in [6.45, 7) is 1.76. The van der Waals surface area contributed by atoms with Crippen LogP contribution in [0.2, 0.25) is 0 Å². The van der Waals surface area contributed by atoms with Crippen molar-refractivity contribution in [3.05, 3.63) is 0 Å². The molecule has 1 N–H and O–H groups in total. The molecule has 12 heteroatoms. The maximum absolute atomic E-state index is 13.1. The quantitative estimate of drug-likeness (QED) is 0.447. The van der Waals surface area contributed by atoms with Crippen molar-refractivity contribution in [2.24, 2.45) is 0 Å². The smallest absolute Gasteiger partial charge is 0.544 e. The predicted molar refractivity (Wildman–Crippen MR) is 73.4 cm³/mol. The normalized spacial score (nSPS) is 25.0. The van der Waals surface area contributed by atoms with Crippen molar-refractivity contribution in [3.8, 4) is 0 Å². The minimum atomic E-state index is -2.73. The number of carboxylic acids is 1. The summed E-state index contributed by atoms with van der Waals surface area (Å²) in [5.41, 5.74) is 0. The van der Waals surface area contributed by atoms with Crippen LogP contribution in [0.25, 0.3) is 0 Å². The summed E-state index contributed by atoms with van der Waals surface area (Å²) < 4.78 is 25.4. The first kappa shape index (κ1) is 21.3. The van der Waals surface area contributed by atoms with Crippen LogP contribution in [-0.4, -0.2) is 68.7 Å². The van der Waals surface area contributed by atoms with E-state index in [0.717, 1.165) is 0 Å². The van der Waals surface area contributed by atoms with E-state index in [9.17, 15) is 28.1 Å². The molecule has 0 aromatic heterocycles. The van der Waals surface area contributed by atoms with Gasteiger partial charge in [0.05, 0.1) is 6.04 Å². The van der Waals surface area contributed by atoms with Gasteiger partial charge in [0, 0.05) is 36.6 Å². The van der Waals surface area contributed by atoms with Gasteiger partial charge >= 0.3 is 35.6 Å². The van der Waals surface area contributed by atoms with Crippen LogP contribution in [0.15, 0.2) is 0 Å². The largest absolute Gasteiger partial charge is 1.00 e. The summed E-state index contributed by atoms with van der Waals surface area (Å²) in [5.74, 6) is -2.12. The van der Waals surface area contributed by atoms with E-state index in [2.05, 4.69) is 10.2 Å². The Labute approximate surface area is 162 Å². The van der Waals surface area contributed by atoms with Crippen LogP contribution < -0.4 is 40.0 Å². The Kier molecular flexibility index (Phi) is 8.06. The van der Waals surface area contributed by atoms with Crippen LogP contribution in [0.1, 0.15) is 19.8 Å². The predicted octanol–water partition coefficient (Wildman–Crippen LogP) is -4.92. The average Bonchev–Trinajstić information content (AvgIpc) is 2.71. The van der Waals surface area contributed by atoms with E-state index in [0.29, 0.717) is 17.9 Å². The van der Waals surface area contributed by atoms with E-state index in [-0.39, 0.29) is 54.3 Å². The summed E-state index contributed by atoms with van der Waals surface area (Å²) in [4.78, 5) is 39.2. The molecule has 2 heterocycles. The Hall–Kier alpha value is -0.750. The van der Waals surface area contributed by atoms with Gasteiger partial charge in [0.2, 0.25) is 5.91 Å². The summed E-state index contributed by atoms with van der Waals surface area (Å²) in [6.07, 6.45) is -1.90. The van der Waals surface area contributed by atoms with Gasteiger partial charge in [0.25, 0.3) is 6.36 Å². The number of piperidine rings is 1. The molecule has 24 heavy (non-hydrogen) atoms. The van der Waals surface area contributed by atoms with E-state index < -0.39 is 40.6 Å². The molecule has 9 nitrogen and oxygen atoms in total. The Morgan fingerprint density at radius 2 is 2.17 bits per heavy atom. The van der Waals surface area contributed by atoms with Gasteiger partial charge in [-0.3, -0.25) is 9.00 Å². The zero-order chi connectivity index (χ0) is 17.1. The number of urea groups is 1. The number of hydrogen-bond acceptors (Lipinski definition) is 6. The van der Waals surface area contributed by atoms with Crippen molar-refractivity contribution in [3.63, 3.8) is 0 Å². The number of carboxylic acid groups (broad SMARTS) is 1. The van der Waals surface area contributed by atoms with Crippen LogP contribution in [0, 0.1) is 0 Å². The zero-order valence-corrected chi connectivity index (χ0v) is 16.2. The molecule has 0 saturated carbocycles. The van der Waals surface area contributed by atoms with Gasteiger partial charge in [-0.25, -0.2) is 14.0 Å². The van der Waals surface area contributed by atoms with E-state index >= 15 is 0 Å². The summed E-state index contributed by atoms with van der Waals surface area (Å²) in [7, 11) is -1.40. The molecule has 130 valence electrons. The molecule has 0 aliphatic carbocycles. The number of nitrogens with zero attached hydrogens (tertiary/aromatic N) is 2. The van der Waals surface area contributed by atoms with Crippen molar-refractivity contribution in [1.82, 2.24) is 15.3 Å². The zero-order valence-electron chi connectivity index (χ0n) is 13.4. The third-order valence-corrected chi connectivity index (χ3v) is 5.34. The van der Waals surface area contributed by atoms with Crippen LogP contribution in [0.4, 0.5) is 9.18 Å². The van der Waals surface area contributed by atoms with Crippen LogP contribution in [0.3, 0.4) is 0 Å². The van der Waals surface area contributed by atoms with Crippen molar-refractivity contribution in [2.75, 3.05) is 18.8 Å². The molecule has 2 rings (SSSR count). The molecular formula is C12H17FN3NaO6S. The molecule has 2 saturated heterocycles. The van der Waals surface area contributed by atoms with Gasteiger partial charge in [0.1, 0.15) is 11.3 Å². The Bertz CT molecular complexity index is 539. The number of rotatable bonds is 7. The van der Waals surface area contributed by atoms with E-state index in [1.807, 2.05) is 0 Å². The fourth-order valence-electron chi connectivity index (χ4n) is 2.61. The van der Waals surface area contributed by atoms with Crippen molar-refractivity contribution in [1.29, 1.82) is 0 Å². The number of halogens is 1. The number of amides is 3. The van der Waals surface area contributed by atoms with Gasteiger partial charge in [-0.15, -0.1) is 0 Å². The molecule has 2 aliphatic rings. The van der Waals surface area contributed by atoms with E-state index in [1.165, 1.54) is 11.8 Å². The van der Waals surface area contributed by atoms with Crippen LogP contribution in [0.5, 0.6) is 0 Å². The maximum Gasteiger partial charge on any atom is 1.00 e. The SMILES string of the molecule is CC(=O)NCC[S@@](=O)[C@@H]1CC[C@@H]2CN1C(=O)N2O[C@H](F)C(=O)[O-].[Na+]. The molecule has 2 aliphatic heterocycles. The molecular weight excluding hydrogens is 356 g/mol. The number of nitrogens with one attached hydrogen (secondary N) is 1. The number of carbonyl (C=O) groups is 3. The molecule has 3 amide bonds. The summed E-state index contributed by atoms with van der Waals surface area (Å²) >= 11 is 0. The summed E-state index contributed by atoms with van der Waals surface area (Å²) in [5, 5.41) is 13.0. The topological polar surface area (TPSA) is 119 Å². The number of fused-ring (bicyclic) bond motifs is 2. The number of hydrogen-bond donors (Lipinski definition) is 1. The molecule has 2 fully saturated rings. The fourth-order valence-corrected chi connectivity index (χ4v) is 4.05. The first-order chi connectivity index (χ1) is 10.8. The minimum absolute atomic E-state index is 0. The second-order valence-corrected chi connectivity index (χ2v) is 6.97. The number of hydroxylamine groups is 2. The average molecular weight is 373 g/mol. The molecule has 2 bridgehead atoms. The van der Waals surface area contributed by atoms with Crippen molar-refractivity contribution < 1.29 is 62.5 Å². The Morgan fingerprint density at radius 1 is 1.50 bits per heavy atom. The molecule has 4 atom stereocenters. The van der Waals surface area contributed by atoms with Crippen LogP contribution >= 0.6 is 0 Å². The van der Waals surface area contributed by atoms with Gasteiger partial charge in [-0.1, -0.05) is 0 Å². The molecule has 0 aromatic carbocycles. The third kappa shape index (κ3) is 4.88. The van der Waals surface area contributed by atoms with Gasteiger partial charge in [0.15, 0.2) is 0 Å². The van der Waals surface area contributed by atoms with Gasteiger partial charge < -0.3 is 20.1 Å². The number of carbonyl (C=O) groups excluding carboxylic acids is 3. The Morgan fingerprint density at radius 3 is 2.75 bits per heavy atom. The van der Waals surface area contributed by atoms with Crippen molar-refractivity contribution in [2.45, 2.75) is 37.5 Å². The molecule has 0 unspecified atom stereocenters. The summed E-state index contributed by atoms with van der Waals surface area (Å²) in [6, 6.07) is -1.20. The molecule has 0 spiro atoms. The maximum atomic E-state index is 13.1. The second kappa shape index (κ2) is 9.09. The van der Waals surface area contributed by atoms with Gasteiger partial charge in [-0.2, -0.15) is 5.06 Å². The third-order valence-electron chi connectivity index (χ3n) is 3.64. The second-order valence-electron chi connectivity index (χ2n) is 5.25. The fraction of sp³-hybridized carbons (Fsp3) is 0.750. The standard InChI is InChI=1S/C12H18FN3O6S.Na/c1-7(17)14-4-5-23(21)9-3-2-8-6-15(9)12(20)16(8)22-10(13)11(18)19;/h8-10H,2-6H2,1H3,(H,14,17)(H,18,19);/q;+1/p-1/t8-,9-,10+,23-;/m1./s1. The van der Waals surface area contributed by atoms with E-state index in [1.54, 1.807) is 0 Å². The molecule has 0 radical (unpaired) electrons. The number of aliphatic carboxylic acids is 1. The van der Waals surface area contributed by atoms with Crippen molar-refractivity contribution >= 4 is 28.7 Å². The van der Waals surface area contributed by atoms with E-state index in [4.69, 9.17) is 0 Å². The first-order valence-corrected chi connectivity index (χ1v) is 8.42. The number of alkyl halides is 1. The van der Waals surface area contributed by atoms with Gasteiger partial charge in [-0.05, 0) is 12.8 Å². The Balaban J connectivity index is 0.00000288. The minimum Gasteiger partial charge on any atom is -0.544 e. The molecule has 0 aromatic rings.